The summed E-state index contributed by atoms with van der Waals surface area (Å²) < 4.78 is 5.45. The van der Waals surface area contributed by atoms with Gasteiger partial charge in [-0.05, 0) is 53.4 Å². The fraction of sp³-hybridized carbons (Fsp3) is 0.208. The van der Waals surface area contributed by atoms with Gasteiger partial charge in [0, 0.05) is 5.92 Å². The highest BCUT2D eigenvalue weighted by atomic mass is 16.5. The minimum absolute atomic E-state index is 0.181. The largest absolute Gasteiger partial charge is 0.508 e. The van der Waals surface area contributed by atoms with Crippen molar-refractivity contribution in [3.8, 4) is 11.5 Å². The zero-order valence-corrected chi connectivity index (χ0v) is 15.8. The minimum atomic E-state index is -0.341. The van der Waals surface area contributed by atoms with Crippen LogP contribution in [-0.4, -0.2) is 22.8 Å². The van der Waals surface area contributed by atoms with Gasteiger partial charge in [-0.2, -0.15) is 0 Å². The lowest BCUT2D eigenvalue weighted by atomic mass is 9.83. The van der Waals surface area contributed by atoms with Crippen molar-refractivity contribution < 1.29 is 19.7 Å². The number of carbonyl (C=O) groups excluding carboxylic acids is 1. The predicted octanol–water partition coefficient (Wildman–Crippen LogP) is 5.23. The van der Waals surface area contributed by atoms with Crippen LogP contribution in [0.5, 0.6) is 11.5 Å². The number of unbranched alkanes of at least 4 members (excludes halogenated alkanes) is 1. The van der Waals surface area contributed by atoms with Gasteiger partial charge in [0.1, 0.15) is 11.5 Å². The van der Waals surface area contributed by atoms with Crippen LogP contribution in [0.25, 0.3) is 0 Å². The average Bonchev–Trinajstić information content (AvgIpc) is 2.71. The maximum atomic E-state index is 12.7. The van der Waals surface area contributed by atoms with Crippen LogP contribution in [0.4, 0.5) is 0 Å². The molecule has 2 N–H and O–H groups in total. The Morgan fingerprint density at radius 2 is 1.39 bits per heavy atom. The molecule has 3 rings (SSSR count). The Bertz CT molecular complexity index is 869. The van der Waals surface area contributed by atoms with Crippen molar-refractivity contribution in [2.24, 2.45) is 0 Å². The summed E-state index contributed by atoms with van der Waals surface area (Å²) >= 11 is 0. The molecule has 0 aromatic heterocycles. The molecule has 0 radical (unpaired) electrons. The number of aromatic hydroxyl groups is 2. The summed E-state index contributed by atoms with van der Waals surface area (Å²) in [6.45, 7) is 2.44. The molecular formula is C24H24O4. The SMILES string of the molecule is CCCCOC(=O)c1ccccc1C(c1ccc(O)cc1)c1ccc(O)cc1. The van der Waals surface area contributed by atoms with E-state index in [0.29, 0.717) is 12.2 Å². The molecule has 0 amide bonds. The average molecular weight is 376 g/mol. The molecule has 144 valence electrons. The number of carbonyl (C=O) groups is 1. The number of benzene rings is 3. The molecule has 0 atom stereocenters. The van der Waals surface area contributed by atoms with E-state index >= 15 is 0 Å². The molecule has 0 saturated heterocycles. The van der Waals surface area contributed by atoms with Crippen molar-refractivity contribution in [1.29, 1.82) is 0 Å². The standard InChI is InChI=1S/C24H24O4/c1-2-3-16-28-24(27)22-7-5-4-6-21(22)23(17-8-12-19(25)13-9-17)18-10-14-20(26)15-11-18/h4-15,23,25-26H,2-3,16H2,1H3. The van der Waals surface area contributed by atoms with Crippen molar-refractivity contribution in [2.75, 3.05) is 6.61 Å². The first kappa shape index (κ1) is 19.5. The van der Waals surface area contributed by atoms with Gasteiger partial charge in [-0.25, -0.2) is 4.79 Å². The molecule has 0 aliphatic rings. The van der Waals surface area contributed by atoms with E-state index in [-0.39, 0.29) is 23.4 Å². The van der Waals surface area contributed by atoms with Crippen LogP contribution in [0.2, 0.25) is 0 Å². The van der Waals surface area contributed by atoms with Gasteiger partial charge in [-0.15, -0.1) is 0 Å². The molecule has 0 aliphatic carbocycles. The van der Waals surface area contributed by atoms with Crippen LogP contribution in [0, 0.1) is 0 Å². The molecule has 4 nitrogen and oxygen atoms in total. The van der Waals surface area contributed by atoms with Gasteiger partial charge in [-0.1, -0.05) is 55.8 Å². The Balaban J connectivity index is 2.07. The molecule has 0 unspecified atom stereocenters. The van der Waals surface area contributed by atoms with E-state index in [1.54, 1.807) is 30.3 Å². The van der Waals surface area contributed by atoms with Gasteiger partial charge in [0.2, 0.25) is 0 Å². The molecule has 0 fully saturated rings. The van der Waals surface area contributed by atoms with E-state index in [9.17, 15) is 15.0 Å². The Labute approximate surface area is 165 Å². The zero-order chi connectivity index (χ0) is 19.9. The van der Waals surface area contributed by atoms with Crippen molar-refractivity contribution >= 4 is 5.97 Å². The summed E-state index contributed by atoms with van der Waals surface area (Å²) in [4.78, 5) is 12.7. The topological polar surface area (TPSA) is 66.8 Å². The molecule has 28 heavy (non-hydrogen) atoms. The highest BCUT2D eigenvalue weighted by Crippen LogP contribution is 2.35. The molecule has 4 heteroatoms. The second-order valence-corrected chi connectivity index (χ2v) is 6.69. The number of hydrogen-bond acceptors (Lipinski definition) is 4. The summed E-state index contributed by atoms with van der Waals surface area (Å²) in [6.07, 6.45) is 1.78. The Morgan fingerprint density at radius 3 is 1.93 bits per heavy atom. The fourth-order valence-corrected chi connectivity index (χ4v) is 3.21. The summed E-state index contributed by atoms with van der Waals surface area (Å²) in [6, 6.07) is 21.3. The van der Waals surface area contributed by atoms with Crippen LogP contribution >= 0.6 is 0 Å². The summed E-state index contributed by atoms with van der Waals surface area (Å²) in [5.74, 6) is -0.219. The predicted molar refractivity (Wildman–Crippen MR) is 109 cm³/mol. The smallest absolute Gasteiger partial charge is 0.338 e. The Morgan fingerprint density at radius 1 is 0.857 bits per heavy atom. The van der Waals surface area contributed by atoms with Gasteiger partial charge in [0.05, 0.1) is 12.2 Å². The number of hydrogen-bond donors (Lipinski definition) is 2. The number of esters is 1. The maximum Gasteiger partial charge on any atom is 0.338 e. The molecule has 0 aliphatic heterocycles. The lowest BCUT2D eigenvalue weighted by molar-refractivity contribution is 0.0498. The van der Waals surface area contributed by atoms with Crippen molar-refractivity contribution in [2.45, 2.75) is 25.7 Å². The number of phenols is 2. The van der Waals surface area contributed by atoms with E-state index in [0.717, 1.165) is 29.5 Å². The van der Waals surface area contributed by atoms with Crippen molar-refractivity contribution in [3.05, 3.63) is 95.1 Å². The van der Waals surface area contributed by atoms with E-state index in [4.69, 9.17) is 4.74 Å². The lowest BCUT2D eigenvalue weighted by Gasteiger charge is -2.21. The fourth-order valence-electron chi connectivity index (χ4n) is 3.21. The normalized spacial score (nSPS) is 10.8. The first-order chi connectivity index (χ1) is 13.6. The van der Waals surface area contributed by atoms with Crippen LogP contribution in [0.15, 0.2) is 72.8 Å². The second-order valence-electron chi connectivity index (χ2n) is 6.69. The van der Waals surface area contributed by atoms with E-state index < -0.39 is 0 Å². The third kappa shape index (κ3) is 4.52. The van der Waals surface area contributed by atoms with Gasteiger partial charge in [0.15, 0.2) is 0 Å². The monoisotopic (exact) mass is 376 g/mol. The third-order valence-electron chi connectivity index (χ3n) is 4.68. The quantitative estimate of drug-likeness (QED) is 0.336. The first-order valence-electron chi connectivity index (χ1n) is 9.44. The Kier molecular flexibility index (Phi) is 6.33. The molecular weight excluding hydrogens is 352 g/mol. The van der Waals surface area contributed by atoms with E-state index in [1.165, 1.54) is 0 Å². The highest BCUT2D eigenvalue weighted by Gasteiger charge is 2.23. The molecule has 3 aromatic carbocycles. The van der Waals surface area contributed by atoms with Crippen molar-refractivity contribution in [3.63, 3.8) is 0 Å². The molecule has 0 saturated carbocycles. The van der Waals surface area contributed by atoms with Crippen LogP contribution in [0.1, 0.15) is 52.7 Å². The van der Waals surface area contributed by atoms with Gasteiger partial charge >= 0.3 is 5.97 Å². The molecule has 0 heterocycles. The molecule has 3 aromatic rings. The summed E-state index contributed by atoms with van der Waals surface area (Å²) in [5.41, 5.74) is 3.19. The number of phenolic OH excluding ortho intramolecular Hbond substituents is 2. The first-order valence-corrected chi connectivity index (χ1v) is 9.44. The van der Waals surface area contributed by atoms with E-state index in [2.05, 4.69) is 0 Å². The number of rotatable bonds is 7. The third-order valence-corrected chi connectivity index (χ3v) is 4.68. The zero-order valence-electron chi connectivity index (χ0n) is 15.8. The van der Waals surface area contributed by atoms with Gasteiger partial charge < -0.3 is 14.9 Å². The lowest BCUT2D eigenvalue weighted by Crippen LogP contribution is -2.13. The van der Waals surface area contributed by atoms with Crippen LogP contribution in [0.3, 0.4) is 0 Å². The Hall–Kier alpha value is -3.27. The van der Waals surface area contributed by atoms with Gasteiger partial charge in [0.25, 0.3) is 0 Å². The molecule has 0 bridgehead atoms. The van der Waals surface area contributed by atoms with Gasteiger partial charge in [-0.3, -0.25) is 0 Å². The number of ether oxygens (including phenoxy) is 1. The summed E-state index contributed by atoms with van der Waals surface area (Å²) in [7, 11) is 0. The summed E-state index contributed by atoms with van der Waals surface area (Å²) in [5, 5.41) is 19.3. The van der Waals surface area contributed by atoms with Crippen molar-refractivity contribution in [1.82, 2.24) is 0 Å². The van der Waals surface area contributed by atoms with Crippen LogP contribution in [-0.2, 0) is 4.74 Å². The minimum Gasteiger partial charge on any atom is -0.508 e. The second kappa shape index (κ2) is 9.09. The van der Waals surface area contributed by atoms with Crippen LogP contribution < -0.4 is 0 Å². The molecule has 0 spiro atoms. The van der Waals surface area contributed by atoms with E-state index in [1.807, 2.05) is 49.4 Å². The highest BCUT2D eigenvalue weighted by molar-refractivity contribution is 5.91. The maximum absolute atomic E-state index is 12.7.